The second-order valence-corrected chi connectivity index (χ2v) is 3.14. The lowest BCUT2D eigenvalue weighted by atomic mass is 9.84. The van der Waals surface area contributed by atoms with E-state index in [-0.39, 0.29) is 6.10 Å². The van der Waals surface area contributed by atoms with Gasteiger partial charge in [0.05, 0.1) is 6.10 Å². The molecule has 2 rings (SSSR count). The molecule has 0 fully saturated rings. The molecule has 0 amide bonds. The van der Waals surface area contributed by atoms with Gasteiger partial charge in [-0.15, -0.1) is 0 Å². The van der Waals surface area contributed by atoms with Crippen LogP contribution in [0.2, 0.25) is 0 Å². The van der Waals surface area contributed by atoms with Gasteiger partial charge in [0.25, 0.3) is 0 Å². The minimum Gasteiger partial charge on any atom is -0.392 e. The van der Waals surface area contributed by atoms with Gasteiger partial charge in [0.2, 0.25) is 0 Å². The van der Waals surface area contributed by atoms with Crippen LogP contribution in [0.1, 0.15) is 12.8 Å². The van der Waals surface area contributed by atoms with E-state index in [1.807, 2.05) is 0 Å². The van der Waals surface area contributed by atoms with E-state index in [0.717, 1.165) is 12.8 Å². The Hall–Kier alpha value is -0.560. The van der Waals surface area contributed by atoms with E-state index in [4.69, 9.17) is 0 Å². The van der Waals surface area contributed by atoms with E-state index in [0.29, 0.717) is 11.8 Å². The van der Waals surface area contributed by atoms with E-state index < -0.39 is 0 Å². The monoisotopic (exact) mass is 136 g/mol. The van der Waals surface area contributed by atoms with Gasteiger partial charge in [-0.3, -0.25) is 0 Å². The summed E-state index contributed by atoms with van der Waals surface area (Å²) in [6.07, 6.45) is 10.5. The highest BCUT2D eigenvalue weighted by atomic mass is 16.3. The average molecular weight is 136 g/mol. The highest BCUT2D eigenvalue weighted by molar-refractivity contribution is 5.14. The third kappa shape index (κ3) is 0.816. The number of rotatable bonds is 0. The van der Waals surface area contributed by atoms with Crippen LogP contribution >= 0.6 is 0 Å². The molecule has 0 radical (unpaired) electrons. The zero-order valence-electron chi connectivity index (χ0n) is 5.90. The van der Waals surface area contributed by atoms with Gasteiger partial charge >= 0.3 is 0 Å². The zero-order chi connectivity index (χ0) is 6.97. The van der Waals surface area contributed by atoms with Crippen molar-refractivity contribution in [2.75, 3.05) is 0 Å². The van der Waals surface area contributed by atoms with Crippen molar-refractivity contribution < 1.29 is 5.11 Å². The quantitative estimate of drug-likeness (QED) is 0.500. The summed E-state index contributed by atoms with van der Waals surface area (Å²) < 4.78 is 0. The normalized spacial score (nSPS) is 43.9. The van der Waals surface area contributed by atoms with E-state index in [1.54, 1.807) is 0 Å². The second-order valence-electron chi connectivity index (χ2n) is 3.14. The van der Waals surface area contributed by atoms with Gasteiger partial charge in [-0.2, -0.15) is 0 Å². The Labute approximate surface area is 61.1 Å². The number of hydrogen-bond donors (Lipinski definition) is 1. The van der Waals surface area contributed by atoms with Crippen LogP contribution in [0.15, 0.2) is 24.3 Å². The van der Waals surface area contributed by atoms with Gasteiger partial charge < -0.3 is 5.11 Å². The smallest absolute Gasteiger partial charge is 0.0614 e. The first-order valence-electron chi connectivity index (χ1n) is 3.89. The molecule has 2 aliphatic rings. The lowest BCUT2D eigenvalue weighted by Crippen LogP contribution is -2.25. The van der Waals surface area contributed by atoms with Crippen molar-refractivity contribution >= 4 is 0 Å². The second kappa shape index (κ2) is 2.24. The van der Waals surface area contributed by atoms with Crippen LogP contribution in [0.3, 0.4) is 0 Å². The molecule has 0 aromatic rings. The Kier molecular flexibility index (Phi) is 1.38. The first-order chi connectivity index (χ1) is 4.88. The molecule has 0 aromatic heterocycles. The highest BCUT2D eigenvalue weighted by Gasteiger charge is 2.29. The number of hydrogen-bond acceptors (Lipinski definition) is 1. The SMILES string of the molecule is OC1CC=CC2C=CCC21. The molecular weight excluding hydrogens is 124 g/mol. The predicted octanol–water partition coefficient (Wildman–Crippen LogP) is 1.50. The number of aliphatic hydroxyl groups is 1. The summed E-state index contributed by atoms with van der Waals surface area (Å²) in [5.41, 5.74) is 0. The minimum atomic E-state index is -0.0926. The minimum absolute atomic E-state index is 0.0926. The molecule has 0 bridgehead atoms. The molecule has 0 aromatic carbocycles. The van der Waals surface area contributed by atoms with Crippen molar-refractivity contribution in [1.29, 1.82) is 0 Å². The van der Waals surface area contributed by atoms with Crippen molar-refractivity contribution in [1.82, 2.24) is 0 Å². The maximum absolute atomic E-state index is 9.49. The third-order valence-corrected chi connectivity index (χ3v) is 2.49. The van der Waals surface area contributed by atoms with Crippen LogP contribution in [0.5, 0.6) is 0 Å². The molecule has 0 saturated carbocycles. The van der Waals surface area contributed by atoms with Crippen LogP contribution in [-0.2, 0) is 0 Å². The number of allylic oxidation sites excluding steroid dienone is 3. The molecule has 10 heavy (non-hydrogen) atoms. The van der Waals surface area contributed by atoms with Crippen molar-refractivity contribution in [2.45, 2.75) is 18.9 Å². The van der Waals surface area contributed by atoms with Gasteiger partial charge in [0.15, 0.2) is 0 Å². The van der Waals surface area contributed by atoms with E-state index in [9.17, 15) is 5.11 Å². The van der Waals surface area contributed by atoms with E-state index in [1.165, 1.54) is 0 Å². The molecular formula is C9H12O. The summed E-state index contributed by atoms with van der Waals surface area (Å²) >= 11 is 0. The Morgan fingerprint density at radius 3 is 2.50 bits per heavy atom. The predicted molar refractivity (Wildman–Crippen MR) is 40.5 cm³/mol. The molecule has 1 N–H and O–H groups in total. The zero-order valence-corrected chi connectivity index (χ0v) is 5.90. The molecule has 0 saturated heterocycles. The first-order valence-corrected chi connectivity index (χ1v) is 3.89. The molecule has 1 heteroatoms. The maximum Gasteiger partial charge on any atom is 0.0614 e. The lowest BCUT2D eigenvalue weighted by molar-refractivity contribution is 0.0965. The Morgan fingerprint density at radius 2 is 1.80 bits per heavy atom. The molecule has 1 nitrogen and oxygen atoms in total. The van der Waals surface area contributed by atoms with Gasteiger partial charge in [-0.05, 0) is 18.8 Å². The first kappa shape index (κ1) is 6.17. The van der Waals surface area contributed by atoms with Crippen LogP contribution in [-0.4, -0.2) is 11.2 Å². The molecule has 0 spiro atoms. The van der Waals surface area contributed by atoms with Gasteiger partial charge in [-0.1, -0.05) is 24.3 Å². The summed E-state index contributed by atoms with van der Waals surface area (Å²) in [5.74, 6) is 1.02. The Balaban J connectivity index is 2.19. The Bertz CT molecular complexity index is 181. The fraction of sp³-hybridized carbons (Fsp3) is 0.556. The van der Waals surface area contributed by atoms with E-state index >= 15 is 0 Å². The summed E-state index contributed by atoms with van der Waals surface area (Å²) in [5, 5.41) is 9.49. The third-order valence-electron chi connectivity index (χ3n) is 2.49. The molecule has 2 aliphatic carbocycles. The summed E-state index contributed by atoms with van der Waals surface area (Å²) in [7, 11) is 0. The van der Waals surface area contributed by atoms with Crippen molar-refractivity contribution in [3.05, 3.63) is 24.3 Å². The fourth-order valence-electron chi connectivity index (χ4n) is 1.86. The van der Waals surface area contributed by atoms with Crippen LogP contribution in [0.25, 0.3) is 0 Å². The maximum atomic E-state index is 9.49. The van der Waals surface area contributed by atoms with Gasteiger partial charge in [0, 0.05) is 5.92 Å². The summed E-state index contributed by atoms with van der Waals surface area (Å²) in [6.45, 7) is 0. The van der Waals surface area contributed by atoms with Crippen LogP contribution in [0, 0.1) is 11.8 Å². The number of aliphatic hydroxyl groups excluding tert-OH is 1. The standard InChI is InChI=1S/C9H12O/c10-9-6-2-4-7-3-1-5-8(7)9/h1-4,7-10H,5-6H2. The molecule has 0 heterocycles. The van der Waals surface area contributed by atoms with Gasteiger partial charge in [-0.25, -0.2) is 0 Å². The molecule has 3 atom stereocenters. The topological polar surface area (TPSA) is 20.2 Å². The van der Waals surface area contributed by atoms with Gasteiger partial charge in [0.1, 0.15) is 0 Å². The molecule has 0 aliphatic heterocycles. The van der Waals surface area contributed by atoms with Crippen LogP contribution < -0.4 is 0 Å². The van der Waals surface area contributed by atoms with E-state index in [2.05, 4.69) is 24.3 Å². The Morgan fingerprint density at radius 1 is 1.10 bits per heavy atom. The highest BCUT2D eigenvalue weighted by Crippen LogP contribution is 2.33. The van der Waals surface area contributed by atoms with Crippen LogP contribution in [0.4, 0.5) is 0 Å². The fourth-order valence-corrected chi connectivity index (χ4v) is 1.86. The summed E-state index contributed by atoms with van der Waals surface area (Å²) in [4.78, 5) is 0. The van der Waals surface area contributed by atoms with Crippen molar-refractivity contribution in [3.63, 3.8) is 0 Å². The van der Waals surface area contributed by atoms with Crippen molar-refractivity contribution in [2.24, 2.45) is 11.8 Å². The van der Waals surface area contributed by atoms with Crippen molar-refractivity contribution in [3.8, 4) is 0 Å². The largest absolute Gasteiger partial charge is 0.392 e. The average Bonchev–Trinajstić information content (AvgIpc) is 2.36. The molecule has 3 unspecified atom stereocenters. The lowest BCUT2D eigenvalue weighted by Gasteiger charge is -2.25. The summed E-state index contributed by atoms with van der Waals surface area (Å²) in [6, 6.07) is 0. The molecule has 54 valence electrons. The number of fused-ring (bicyclic) bond motifs is 1.